The maximum atomic E-state index is 12.5. The highest BCUT2D eigenvalue weighted by Gasteiger charge is 2.18. The third-order valence-electron chi connectivity index (χ3n) is 4.27. The van der Waals surface area contributed by atoms with E-state index in [9.17, 15) is 8.42 Å². The van der Waals surface area contributed by atoms with E-state index < -0.39 is 10.0 Å². The number of nitrogens with zero attached hydrogens (tertiary/aromatic N) is 3. The van der Waals surface area contributed by atoms with Crippen molar-refractivity contribution in [2.75, 3.05) is 42.3 Å². The van der Waals surface area contributed by atoms with Gasteiger partial charge in [0.05, 0.1) is 10.6 Å². The van der Waals surface area contributed by atoms with E-state index in [0.29, 0.717) is 10.7 Å². The fourth-order valence-electron chi connectivity index (χ4n) is 2.78. The standard InChI is InChI=1S/C17H21ClN4O2S/c1-2-21-9-11-22(12-10-21)17-13-15(7-8-19-17)20-25(23,24)16-5-3-14(18)4-6-16/h3-8,13H,2,9-12H2,1H3,(H,19,20). The maximum Gasteiger partial charge on any atom is 0.261 e. The van der Waals surface area contributed by atoms with Gasteiger partial charge >= 0.3 is 0 Å². The van der Waals surface area contributed by atoms with Gasteiger partial charge < -0.3 is 9.80 Å². The summed E-state index contributed by atoms with van der Waals surface area (Å²) in [6.07, 6.45) is 1.63. The average molecular weight is 381 g/mol. The number of likely N-dealkylation sites (N-methyl/N-ethyl adjacent to an activating group) is 1. The molecule has 1 aliphatic rings. The van der Waals surface area contributed by atoms with Crippen LogP contribution in [0.3, 0.4) is 0 Å². The van der Waals surface area contributed by atoms with Crippen LogP contribution in [0.1, 0.15) is 6.92 Å². The van der Waals surface area contributed by atoms with Gasteiger partial charge in [0.1, 0.15) is 5.82 Å². The van der Waals surface area contributed by atoms with E-state index in [-0.39, 0.29) is 4.90 Å². The molecule has 1 N–H and O–H groups in total. The van der Waals surface area contributed by atoms with E-state index in [2.05, 4.69) is 26.4 Å². The van der Waals surface area contributed by atoms with E-state index in [1.165, 1.54) is 12.1 Å². The van der Waals surface area contributed by atoms with Gasteiger partial charge in [0.15, 0.2) is 0 Å². The molecular weight excluding hydrogens is 360 g/mol. The molecule has 0 radical (unpaired) electrons. The molecule has 1 saturated heterocycles. The lowest BCUT2D eigenvalue weighted by Crippen LogP contribution is -2.46. The molecule has 0 saturated carbocycles. The molecule has 0 amide bonds. The molecule has 25 heavy (non-hydrogen) atoms. The lowest BCUT2D eigenvalue weighted by molar-refractivity contribution is 0.270. The van der Waals surface area contributed by atoms with Crippen molar-refractivity contribution in [2.45, 2.75) is 11.8 Å². The van der Waals surface area contributed by atoms with Gasteiger partial charge in [-0.3, -0.25) is 4.72 Å². The van der Waals surface area contributed by atoms with Crippen LogP contribution in [0.2, 0.25) is 5.02 Å². The van der Waals surface area contributed by atoms with Crippen molar-refractivity contribution >= 4 is 33.1 Å². The number of benzene rings is 1. The smallest absolute Gasteiger partial charge is 0.261 e. The number of sulfonamides is 1. The molecular formula is C17H21ClN4O2S. The first-order valence-corrected chi connectivity index (χ1v) is 10.1. The molecule has 0 unspecified atom stereocenters. The number of hydrogen-bond acceptors (Lipinski definition) is 5. The molecule has 1 aliphatic heterocycles. The fourth-order valence-corrected chi connectivity index (χ4v) is 3.95. The molecule has 8 heteroatoms. The van der Waals surface area contributed by atoms with E-state index in [4.69, 9.17) is 11.6 Å². The molecule has 2 heterocycles. The number of rotatable bonds is 5. The molecule has 0 atom stereocenters. The Morgan fingerprint density at radius 3 is 2.44 bits per heavy atom. The van der Waals surface area contributed by atoms with Crippen molar-refractivity contribution in [3.05, 3.63) is 47.6 Å². The van der Waals surface area contributed by atoms with Gasteiger partial charge in [-0.15, -0.1) is 0 Å². The highest BCUT2D eigenvalue weighted by molar-refractivity contribution is 7.92. The summed E-state index contributed by atoms with van der Waals surface area (Å²) >= 11 is 5.82. The predicted octanol–water partition coefficient (Wildman–Crippen LogP) is 2.68. The molecule has 1 aromatic carbocycles. The van der Waals surface area contributed by atoms with Crippen molar-refractivity contribution in [1.29, 1.82) is 0 Å². The highest BCUT2D eigenvalue weighted by Crippen LogP contribution is 2.22. The van der Waals surface area contributed by atoms with Crippen molar-refractivity contribution in [2.24, 2.45) is 0 Å². The summed E-state index contributed by atoms with van der Waals surface area (Å²) in [6.45, 7) is 6.93. The Balaban J connectivity index is 1.74. The van der Waals surface area contributed by atoms with Crippen LogP contribution in [-0.4, -0.2) is 51.0 Å². The quantitative estimate of drug-likeness (QED) is 0.863. The molecule has 0 spiro atoms. The van der Waals surface area contributed by atoms with Gasteiger partial charge in [-0.05, 0) is 36.9 Å². The van der Waals surface area contributed by atoms with Crippen LogP contribution in [0, 0.1) is 0 Å². The Morgan fingerprint density at radius 1 is 1.12 bits per heavy atom. The molecule has 2 aromatic rings. The largest absolute Gasteiger partial charge is 0.354 e. The fraction of sp³-hybridized carbons (Fsp3) is 0.353. The molecule has 6 nitrogen and oxygen atoms in total. The minimum atomic E-state index is -3.65. The normalized spacial score (nSPS) is 16.0. The molecule has 0 aliphatic carbocycles. The number of pyridine rings is 1. The lowest BCUT2D eigenvalue weighted by atomic mass is 10.3. The Morgan fingerprint density at radius 2 is 1.80 bits per heavy atom. The zero-order chi connectivity index (χ0) is 17.9. The molecule has 134 valence electrons. The van der Waals surface area contributed by atoms with Crippen LogP contribution >= 0.6 is 11.6 Å². The molecule has 1 aromatic heterocycles. The Labute approximate surface area is 153 Å². The second-order valence-electron chi connectivity index (χ2n) is 5.88. The van der Waals surface area contributed by atoms with Gasteiger partial charge in [0.2, 0.25) is 0 Å². The number of aromatic nitrogens is 1. The van der Waals surface area contributed by atoms with Gasteiger partial charge in [0.25, 0.3) is 10.0 Å². The number of hydrogen-bond donors (Lipinski definition) is 1. The van der Waals surface area contributed by atoms with Crippen LogP contribution in [0.25, 0.3) is 0 Å². The molecule has 3 rings (SSSR count). The van der Waals surface area contributed by atoms with E-state index in [0.717, 1.165) is 38.5 Å². The van der Waals surface area contributed by atoms with Gasteiger partial charge in [-0.2, -0.15) is 0 Å². The summed E-state index contributed by atoms with van der Waals surface area (Å²) in [4.78, 5) is 9.11. The molecule has 1 fully saturated rings. The SMILES string of the molecule is CCN1CCN(c2cc(NS(=O)(=O)c3ccc(Cl)cc3)ccn2)CC1. The van der Waals surface area contributed by atoms with E-state index >= 15 is 0 Å². The van der Waals surface area contributed by atoms with Crippen LogP contribution in [0.4, 0.5) is 11.5 Å². The highest BCUT2D eigenvalue weighted by atomic mass is 35.5. The van der Waals surface area contributed by atoms with Crippen LogP contribution in [0.5, 0.6) is 0 Å². The number of halogens is 1. The van der Waals surface area contributed by atoms with Crippen molar-refractivity contribution in [3.8, 4) is 0 Å². The second kappa shape index (κ2) is 7.59. The minimum Gasteiger partial charge on any atom is -0.354 e. The first-order valence-electron chi connectivity index (χ1n) is 8.19. The summed E-state index contributed by atoms with van der Waals surface area (Å²) in [5.41, 5.74) is 0.498. The van der Waals surface area contributed by atoms with Crippen molar-refractivity contribution in [1.82, 2.24) is 9.88 Å². The second-order valence-corrected chi connectivity index (χ2v) is 8.00. The first kappa shape index (κ1) is 18.0. The van der Waals surface area contributed by atoms with Crippen LogP contribution < -0.4 is 9.62 Å². The van der Waals surface area contributed by atoms with Gasteiger partial charge in [-0.25, -0.2) is 13.4 Å². The van der Waals surface area contributed by atoms with Crippen molar-refractivity contribution in [3.63, 3.8) is 0 Å². The minimum absolute atomic E-state index is 0.173. The zero-order valence-corrected chi connectivity index (χ0v) is 15.6. The molecule has 0 bridgehead atoms. The van der Waals surface area contributed by atoms with Crippen LogP contribution in [-0.2, 0) is 10.0 Å². The lowest BCUT2D eigenvalue weighted by Gasteiger charge is -2.34. The summed E-state index contributed by atoms with van der Waals surface area (Å²) in [7, 11) is -3.65. The topological polar surface area (TPSA) is 65.5 Å². The monoisotopic (exact) mass is 380 g/mol. The van der Waals surface area contributed by atoms with E-state index in [1.807, 2.05) is 0 Å². The Bertz CT molecular complexity index is 819. The Hall–Kier alpha value is -1.83. The van der Waals surface area contributed by atoms with Gasteiger partial charge in [0, 0.05) is 43.5 Å². The zero-order valence-electron chi connectivity index (χ0n) is 14.0. The number of anilines is 2. The summed E-state index contributed by atoms with van der Waals surface area (Å²) in [6, 6.07) is 9.50. The Kier molecular flexibility index (Phi) is 5.46. The van der Waals surface area contributed by atoms with Crippen molar-refractivity contribution < 1.29 is 8.42 Å². The summed E-state index contributed by atoms with van der Waals surface area (Å²) in [5.74, 6) is 0.784. The summed E-state index contributed by atoms with van der Waals surface area (Å²) in [5, 5.41) is 0.497. The third-order valence-corrected chi connectivity index (χ3v) is 5.91. The van der Waals surface area contributed by atoms with E-state index in [1.54, 1.807) is 30.5 Å². The van der Waals surface area contributed by atoms with Gasteiger partial charge in [-0.1, -0.05) is 18.5 Å². The first-order chi connectivity index (χ1) is 12.0. The summed E-state index contributed by atoms with van der Waals surface area (Å²) < 4.78 is 27.6. The number of piperazine rings is 1. The number of nitrogens with one attached hydrogen (secondary N) is 1. The maximum absolute atomic E-state index is 12.5. The third kappa shape index (κ3) is 4.42. The van der Waals surface area contributed by atoms with Crippen LogP contribution in [0.15, 0.2) is 47.5 Å². The predicted molar refractivity (Wildman–Crippen MR) is 101 cm³/mol. The average Bonchev–Trinajstić information content (AvgIpc) is 2.62.